The average Bonchev–Trinajstić information content (AvgIpc) is 3.13. The molecule has 7 nitrogen and oxygen atoms in total. The van der Waals surface area contributed by atoms with Crippen molar-refractivity contribution in [1.29, 1.82) is 0 Å². The van der Waals surface area contributed by atoms with Gasteiger partial charge < -0.3 is 15.6 Å². The van der Waals surface area contributed by atoms with E-state index in [0.29, 0.717) is 21.0 Å². The van der Waals surface area contributed by atoms with E-state index in [0.717, 1.165) is 21.7 Å². The summed E-state index contributed by atoms with van der Waals surface area (Å²) >= 11 is 6.81. The molecule has 0 unspecified atom stereocenters. The second kappa shape index (κ2) is 9.23. The van der Waals surface area contributed by atoms with Crippen LogP contribution in [0, 0.1) is 5.82 Å². The number of carbonyl (C=O) groups is 1. The van der Waals surface area contributed by atoms with Crippen molar-refractivity contribution >= 4 is 44.6 Å². The molecule has 1 heterocycles. The molecule has 0 aliphatic heterocycles. The molecule has 31 heavy (non-hydrogen) atoms. The smallest absolute Gasteiger partial charge is 0.341 e. The fourth-order valence-corrected chi connectivity index (χ4v) is 5.72. The number of nitrogen functional groups attached to an aromatic ring is 1. The Bertz CT molecular complexity index is 1210. The van der Waals surface area contributed by atoms with E-state index in [4.69, 9.17) is 27.2 Å². The summed E-state index contributed by atoms with van der Waals surface area (Å²) in [6.45, 7) is -0.584. The summed E-state index contributed by atoms with van der Waals surface area (Å²) in [6, 6.07) is 11.6. The van der Waals surface area contributed by atoms with Crippen LogP contribution in [0.4, 0.5) is 10.1 Å². The molecule has 0 amide bonds. The minimum absolute atomic E-state index is 0.00879. The number of carboxylic acids is 1. The van der Waals surface area contributed by atoms with Crippen molar-refractivity contribution in [1.82, 2.24) is 4.31 Å². The first kappa shape index (κ1) is 23.0. The minimum Gasteiger partial charge on any atom is -0.481 e. The van der Waals surface area contributed by atoms with E-state index in [1.807, 2.05) is 0 Å². The van der Waals surface area contributed by atoms with Gasteiger partial charge in [-0.25, -0.2) is 17.6 Å². The van der Waals surface area contributed by atoms with E-state index in [2.05, 4.69) is 0 Å². The van der Waals surface area contributed by atoms with Gasteiger partial charge in [0, 0.05) is 24.8 Å². The summed E-state index contributed by atoms with van der Waals surface area (Å²) in [5.41, 5.74) is 7.25. The van der Waals surface area contributed by atoms with Gasteiger partial charge in [-0.3, -0.25) is 0 Å². The van der Waals surface area contributed by atoms with Gasteiger partial charge in [-0.15, -0.1) is 11.3 Å². The number of carboxylic acid groups (broad SMARTS) is 1. The Labute approximate surface area is 187 Å². The number of hydrogen-bond acceptors (Lipinski definition) is 6. The molecule has 0 radical (unpaired) electrons. The van der Waals surface area contributed by atoms with Gasteiger partial charge in [0.2, 0.25) is 0 Å². The van der Waals surface area contributed by atoms with Crippen molar-refractivity contribution in [2.75, 3.05) is 19.4 Å². The molecule has 0 fully saturated rings. The predicted octanol–water partition coefficient (Wildman–Crippen LogP) is 4.07. The van der Waals surface area contributed by atoms with Gasteiger partial charge in [-0.2, -0.15) is 4.31 Å². The Kier molecular flexibility index (Phi) is 6.85. The lowest BCUT2D eigenvalue weighted by atomic mass is 10.0. The standard InChI is InChI=1S/C20H18ClFN2O5S2/c1-24(31(27,28)20-5-4-18(21)30-20)10-12-2-3-17(29-11-19(25)26)16(6-12)13-7-14(22)9-15(23)8-13/h2-9H,10-11,23H2,1H3,(H,25,26). The summed E-state index contributed by atoms with van der Waals surface area (Å²) in [6.07, 6.45) is 0. The average molecular weight is 485 g/mol. The molecule has 0 aliphatic carbocycles. The number of ether oxygens (including phenoxy) is 1. The van der Waals surface area contributed by atoms with Crippen LogP contribution in [0.15, 0.2) is 52.7 Å². The maximum absolute atomic E-state index is 13.9. The zero-order valence-corrected chi connectivity index (χ0v) is 18.6. The highest BCUT2D eigenvalue weighted by Crippen LogP contribution is 2.34. The Morgan fingerprint density at radius 1 is 1.23 bits per heavy atom. The Morgan fingerprint density at radius 2 is 1.97 bits per heavy atom. The minimum atomic E-state index is -3.76. The third kappa shape index (κ3) is 5.53. The lowest BCUT2D eigenvalue weighted by Gasteiger charge is -2.18. The molecule has 0 bridgehead atoms. The van der Waals surface area contributed by atoms with Crippen LogP contribution in [-0.2, 0) is 21.4 Å². The molecule has 1 aromatic heterocycles. The maximum atomic E-state index is 13.9. The molecule has 3 N–H and O–H groups in total. The number of hydrogen-bond donors (Lipinski definition) is 2. The van der Waals surface area contributed by atoms with E-state index in [9.17, 15) is 17.6 Å². The summed E-state index contributed by atoms with van der Waals surface area (Å²) < 4.78 is 46.4. The van der Waals surface area contributed by atoms with Gasteiger partial charge in [0.05, 0.1) is 4.34 Å². The Balaban J connectivity index is 1.97. The zero-order chi connectivity index (χ0) is 22.8. The molecule has 3 rings (SSSR count). The number of halogens is 2. The number of sulfonamides is 1. The van der Waals surface area contributed by atoms with Crippen LogP contribution in [0.2, 0.25) is 4.34 Å². The molecular formula is C20H18ClFN2O5S2. The summed E-state index contributed by atoms with van der Waals surface area (Å²) in [5.74, 6) is -1.54. The van der Waals surface area contributed by atoms with Crippen molar-refractivity contribution in [3.8, 4) is 16.9 Å². The van der Waals surface area contributed by atoms with Crippen LogP contribution in [0.25, 0.3) is 11.1 Å². The molecule has 2 aromatic carbocycles. The predicted molar refractivity (Wildman–Crippen MR) is 117 cm³/mol. The fraction of sp³-hybridized carbons (Fsp3) is 0.150. The number of nitrogens with zero attached hydrogens (tertiary/aromatic N) is 1. The van der Waals surface area contributed by atoms with Crippen molar-refractivity contribution in [2.24, 2.45) is 0 Å². The summed E-state index contributed by atoms with van der Waals surface area (Å²) in [4.78, 5) is 10.9. The maximum Gasteiger partial charge on any atom is 0.341 e. The molecule has 0 saturated heterocycles. The van der Waals surface area contributed by atoms with Crippen LogP contribution < -0.4 is 10.5 Å². The largest absolute Gasteiger partial charge is 0.481 e. The highest BCUT2D eigenvalue weighted by molar-refractivity contribution is 7.91. The molecule has 0 aliphatic rings. The number of aliphatic carboxylic acids is 1. The van der Waals surface area contributed by atoms with Crippen molar-refractivity contribution in [2.45, 2.75) is 10.8 Å². The van der Waals surface area contributed by atoms with Crippen molar-refractivity contribution in [3.63, 3.8) is 0 Å². The third-order valence-corrected chi connectivity index (χ3v) is 7.75. The Morgan fingerprint density at radius 3 is 2.58 bits per heavy atom. The Hall–Kier alpha value is -2.66. The number of nitrogens with two attached hydrogens (primary N) is 1. The number of anilines is 1. The molecule has 0 atom stereocenters. The summed E-state index contributed by atoms with van der Waals surface area (Å²) in [5, 5.41) is 8.91. The zero-order valence-electron chi connectivity index (χ0n) is 16.2. The molecular weight excluding hydrogens is 467 g/mol. The second-order valence-corrected chi connectivity index (χ2v) is 10.6. The van der Waals surface area contributed by atoms with Gasteiger partial charge in [-0.05, 0) is 53.6 Å². The first-order valence-corrected chi connectivity index (χ1v) is 11.5. The van der Waals surface area contributed by atoms with Crippen LogP contribution in [-0.4, -0.2) is 37.5 Å². The molecule has 164 valence electrons. The van der Waals surface area contributed by atoms with Crippen LogP contribution in [0.3, 0.4) is 0 Å². The van der Waals surface area contributed by atoms with Crippen molar-refractivity contribution in [3.05, 3.63) is 64.2 Å². The van der Waals surface area contributed by atoms with E-state index < -0.39 is 28.4 Å². The first-order valence-electron chi connectivity index (χ1n) is 8.82. The van der Waals surface area contributed by atoms with Gasteiger partial charge in [0.1, 0.15) is 15.8 Å². The van der Waals surface area contributed by atoms with Crippen LogP contribution >= 0.6 is 22.9 Å². The van der Waals surface area contributed by atoms with E-state index >= 15 is 0 Å². The van der Waals surface area contributed by atoms with E-state index in [1.54, 1.807) is 12.1 Å². The highest BCUT2D eigenvalue weighted by atomic mass is 35.5. The van der Waals surface area contributed by atoms with Gasteiger partial charge in [-0.1, -0.05) is 17.7 Å². The second-order valence-electron chi connectivity index (χ2n) is 6.61. The SMILES string of the molecule is CN(Cc1ccc(OCC(=O)O)c(-c2cc(N)cc(F)c2)c1)S(=O)(=O)c1ccc(Cl)s1. The first-order chi connectivity index (χ1) is 14.6. The van der Waals surface area contributed by atoms with Crippen molar-refractivity contribution < 1.29 is 27.4 Å². The van der Waals surface area contributed by atoms with Crippen LogP contribution in [0.5, 0.6) is 5.75 Å². The summed E-state index contributed by atoms with van der Waals surface area (Å²) in [7, 11) is -2.33. The lowest BCUT2D eigenvalue weighted by Crippen LogP contribution is -2.25. The van der Waals surface area contributed by atoms with E-state index in [-0.39, 0.29) is 22.2 Å². The number of rotatable bonds is 8. The number of benzene rings is 2. The van der Waals surface area contributed by atoms with E-state index in [1.165, 1.54) is 37.4 Å². The van der Waals surface area contributed by atoms with Crippen LogP contribution in [0.1, 0.15) is 5.56 Å². The fourth-order valence-electron chi connectivity index (χ4n) is 2.87. The van der Waals surface area contributed by atoms with Gasteiger partial charge in [0.15, 0.2) is 6.61 Å². The third-order valence-electron chi connectivity index (χ3n) is 4.24. The highest BCUT2D eigenvalue weighted by Gasteiger charge is 2.23. The topological polar surface area (TPSA) is 110 Å². The normalized spacial score (nSPS) is 11.6. The lowest BCUT2D eigenvalue weighted by molar-refractivity contribution is -0.139. The quantitative estimate of drug-likeness (QED) is 0.466. The van der Waals surface area contributed by atoms with Gasteiger partial charge in [0.25, 0.3) is 10.0 Å². The van der Waals surface area contributed by atoms with Gasteiger partial charge >= 0.3 is 5.97 Å². The molecule has 3 aromatic rings. The monoisotopic (exact) mass is 484 g/mol. The molecule has 0 spiro atoms. The molecule has 0 saturated carbocycles. The number of thiophene rings is 1. The molecule has 11 heteroatoms.